The smallest absolute Gasteiger partial charge is 0.225 e. The van der Waals surface area contributed by atoms with Gasteiger partial charge >= 0.3 is 0 Å². The van der Waals surface area contributed by atoms with Crippen molar-refractivity contribution in [2.45, 2.75) is 38.3 Å². The fourth-order valence-corrected chi connectivity index (χ4v) is 2.62. The third-order valence-electron chi connectivity index (χ3n) is 3.96. The lowest BCUT2D eigenvalue weighted by molar-refractivity contribution is -0.133. The highest BCUT2D eigenvalue weighted by molar-refractivity contribution is 5.81. The van der Waals surface area contributed by atoms with Crippen molar-refractivity contribution in [2.75, 3.05) is 13.1 Å². The number of rotatable bonds is 4. The van der Waals surface area contributed by atoms with Crippen molar-refractivity contribution in [1.82, 2.24) is 25.2 Å². The van der Waals surface area contributed by atoms with Crippen molar-refractivity contribution < 1.29 is 4.79 Å². The third-order valence-corrected chi connectivity index (χ3v) is 3.96. The minimum atomic E-state index is 0.351. The molecule has 1 aromatic heterocycles. The van der Waals surface area contributed by atoms with Crippen LogP contribution in [0.3, 0.4) is 0 Å². The molecule has 0 aromatic carbocycles. The Morgan fingerprint density at radius 1 is 1.37 bits per heavy atom. The van der Waals surface area contributed by atoms with E-state index in [9.17, 15) is 4.79 Å². The van der Waals surface area contributed by atoms with E-state index < -0.39 is 0 Å². The molecule has 2 aliphatic rings. The Morgan fingerprint density at radius 2 is 2.11 bits per heavy atom. The number of hydrogen-bond acceptors (Lipinski definition) is 4. The fraction of sp³-hybridized carbons (Fsp3) is 0.769. The van der Waals surface area contributed by atoms with E-state index in [-0.39, 0.29) is 0 Å². The minimum absolute atomic E-state index is 0.351. The van der Waals surface area contributed by atoms with E-state index in [1.54, 1.807) is 4.68 Å². The molecule has 6 heteroatoms. The summed E-state index contributed by atoms with van der Waals surface area (Å²) in [5.41, 5.74) is 0.971. The zero-order valence-corrected chi connectivity index (χ0v) is 11.4. The Balaban J connectivity index is 1.41. The van der Waals surface area contributed by atoms with E-state index in [4.69, 9.17) is 0 Å². The van der Waals surface area contributed by atoms with E-state index in [1.165, 1.54) is 0 Å². The number of carbonyl (C=O) groups is 1. The Kier molecular flexibility index (Phi) is 3.50. The lowest BCUT2D eigenvalue weighted by Crippen LogP contribution is -2.45. The molecular formula is C13H21N5O. The summed E-state index contributed by atoms with van der Waals surface area (Å²) in [4.78, 5) is 14.0. The summed E-state index contributed by atoms with van der Waals surface area (Å²) in [7, 11) is 1.87. The van der Waals surface area contributed by atoms with Crippen LogP contribution in [0.4, 0.5) is 0 Å². The number of piperidine rings is 1. The molecule has 0 atom stereocenters. The summed E-state index contributed by atoms with van der Waals surface area (Å²) in [6, 6.07) is 0.491. The van der Waals surface area contributed by atoms with E-state index in [1.807, 2.05) is 18.1 Å². The molecule has 2 heterocycles. The van der Waals surface area contributed by atoms with Crippen LogP contribution in [0, 0.1) is 5.92 Å². The van der Waals surface area contributed by atoms with Crippen LogP contribution < -0.4 is 5.32 Å². The SMILES string of the molecule is Cn1cc(CNC2CCN(C(=O)C3CC3)CC2)nn1. The van der Waals surface area contributed by atoms with Crippen LogP contribution in [-0.2, 0) is 18.4 Å². The number of amides is 1. The maximum absolute atomic E-state index is 11.9. The Hall–Kier alpha value is -1.43. The molecule has 0 radical (unpaired) electrons. The molecule has 1 amide bonds. The van der Waals surface area contributed by atoms with Crippen molar-refractivity contribution >= 4 is 5.91 Å². The lowest BCUT2D eigenvalue weighted by atomic mass is 10.0. The van der Waals surface area contributed by atoms with Crippen LogP contribution in [0.25, 0.3) is 0 Å². The van der Waals surface area contributed by atoms with Crippen LogP contribution >= 0.6 is 0 Å². The fourth-order valence-electron chi connectivity index (χ4n) is 2.62. The van der Waals surface area contributed by atoms with E-state index in [0.717, 1.165) is 51.0 Å². The average molecular weight is 263 g/mol. The van der Waals surface area contributed by atoms with Gasteiger partial charge in [0.25, 0.3) is 0 Å². The van der Waals surface area contributed by atoms with Gasteiger partial charge in [-0.25, -0.2) is 0 Å². The first-order valence-electron chi connectivity index (χ1n) is 7.10. The predicted molar refractivity (Wildman–Crippen MR) is 70.2 cm³/mol. The maximum atomic E-state index is 11.9. The van der Waals surface area contributed by atoms with Crippen molar-refractivity contribution in [1.29, 1.82) is 0 Å². The zero-order valence-electron chi connectivity index (χ0n) is 11.4. The highest BCUT2D eigenvalue weighted by Crippen LogP contribution is 2.31. The molecule has 1 saturated carbocycles. The average Bonchev–Trinajstić information content (AvgIpc) is 3.19. The first kappa shape index (κ1) is 12.6. The molecule has 0 bridgehead atoms. The lowest BCUT2D eigenvalue weighted by Gasteiger charge is -2.32. The highest BCUT2D eigenvalue weighted by Gasteiger charge is 2.34. The standard InChI is InChI=1S/C13H21N5O/c1-17-9-12(15-16-17)8-14-11-4-6-18(7-5-11)13(19)10-2-3-10/h9-11,14H,2-8H2,1H3. The van der Waals surface area contributed by atoms with Crippen LogP contribution in [0.5, 0.6) is 0 Å². The van der Waals surface area contributed by atoms with Crippen LogP contribution in [0.15, 0.2) is 6.20 Å². The van der Waals surface area contributed by atoms with Crippen molar-refractivity contribution in [3.63, 3.8) is 0 Å². The van der Waals surface area contributed by atoms with Crippen LogP contribution in [0.1, 0.15) is 31.4 Å². The van der Waals surface area contributed by atoms with Crippen molar-refractivity contribution in [2.24, 2.45) is 13.0 Å². The zero-order chi connectivity index (χ0) is 13.2. The molecule has 3 rings (SSSR count). The maximum Gasteiger partial charge on any atom is 0.225 e. The Labute approximate surface area is 113 Å². The number of nitrogens with one attached hydrogen (secondary N) is 1. The van der Waals surface area contributed by atoms with Gasteiger partial charge in [-0.2, -0.15) is 0 Å². The van der Waals surface area contributed by atoms with Gasteiger partial charge in [0.1, 0.15) is 0 Å². The van der Waals surface area contributed by atoms with E-state index in [0.29, 0.717) is 17.9 Å². The molecule has 6 nitrogen and oxygen atoms in total. The molecule has 2 fully saturated rings. The monoisotopic (exact) mass is 263 g/mol. The quantitative estimate of drug-likeness (QED) is 0.849. The second kappa shape index (κ2) is 5.28. The van der Waals surface area contributed by atoms with Gasteiger partial charge in [0, 0.05) is 44.8 Å². The number of carbonyl (C=O) groups excluding carboxylic acids is 1. The van der Waals surface area contributed by atoms with Gasteiger partial charge in [0.2, 0.25) is 5.91 Å². The summed E-state index contributed by atoms with van der Waals surface area (Å²) in [5, 5.41) is 11.5. The third kappa shape index (κ3) is 3.12. The van der Waals surface area contributed by atoms with Gasteiger partial charge in [-0.1, -0.05) is 5.21 Å². The molecule has 1 N–H and O–H groups in total. The summed E-state index contributed by atoms with van der Waals surface area (Å²) in [5.74, 6) is 0.733. The number of nitrogens with zero attached hydrogens (tertiary/aromatic N) is 4. The van der Waals surface area contributed by atoms with Gasteiger partial charge in [-0.3, -0.25) is 9.48 Å². The molecule has 19 heavy (non-hydrogen) atoms. The van der Waals surface area contributed by atoms with Gasteiger partial charge in [0.05, 0.1) is 5.69 Å². The highest BCUT2D eigenvalue weighted by atomic mass is 16.2. The first-order chi connectivity index (χ1) is 9.22. The molecule has 1 saturated heterocycles. The summed E-state index contributed by atoms with van der Waals surface area (Å²) in [6.07, 6.45) is 6.21. The molecular weight excluding hydrogens is 242 g/mol. The van der Waals surface area contributed by atoms with Gasteiger partial charge in [-0.05, 0) is 25.7 Å². The Bertz CT molecular complexity index is 446. The largest absolute Gasteiger partial charge is 0.342 e. The minimum Gasteiger partial charge on any atom is -0.342 e. The second-order valence-corrected chi connectivity index (χ2v) is 5.64. The number of aryl methyl sites for hydroxylation is 1. The van der Waals surface area contributed by atoms with Crippen molar-refractivity contribution in [3.05, 3.63) is 11.9 Å². The Morgan fingerprint density at radius 3 is 2.68 bits per heavy atom. The van der Waals surface area contributed by atoms with Gasteiger partial charge in [0.15, 0.2) is 0 Å². The van der Waals surface area contributed by atoms with Crippen LogP contribution in [-0.4, -0.2) is 44.9 Å². The predicted octanol–water partition coefficient (Wildman–Crippen LogP) is 0.306. The number of aromatic nitrogens is 3. The molecule has 1 aliphatic carbocycles. The molecule has 0 spiro atoms. The molecule has 1 aromatic rings. The van der Waals surface area contributed by atoms with E-state index >= 15 is 0 Å². The summed E-state index contributed by atoms with van der Waals surface area (Å²) < 4.78 is 1.72. The molecule has 104 valence electrons. The molecule has 1 aliphatic heterocycles. The summed E-state index contributed by atoms with van der Waals surface area (Å²) in [6.45, 7) is 2.55. The first-order valence-corrected chi connectivity index (χ1v) is 7.10. The second-order valence-electron chi connectivity index (χ2n) is 5.64. The summed E-state index contributed by atoms with van der Waals surface area (Å²) >= 11 is 0. The normalized spacial score (nSPS) is 20.8. The van der Waals surface area contributed by atoms with E-state index in [2.05, 4.69) is 15.6 Å². The van der Waals surface area contributed by atoms with Gasteiger partial charge < -0.3 is 10.2 Å². The van der Waals surface area contributed by atoms with Gasteiger partial charge in [-0.15, -0.1) is 5.10 Å². The number of likely N-dealkylation sites (tertiary alicyclic amines) is 1. The van der Waals surface area contributed by atoms with Crippen molar-refractivity contribution in [3.8, 4) is 0 Å². The molecule has 0 unspecified atom stereocenters. The van der Waals surface area contributed by atoms with Crippen LogP contribution in [0.2, 0.25) is 0 Å². The number of hydrogen-bond donors (Lipinski definition) is 1. The topological polar surface area (TPSA) is 63.1 Å².